The Kier molecular flexibility index (Phi) is 7.20. The number of pyridine rings is 2. The van der Waals surface area contributed by atoms with Crippen molar-refractivity contribution in [3.63, 3.8) is 0 Å². The zero-order chi connectivity index (χ0) is 28.7. The van der Waals surface area contributed by atoms with Crippen molar-refractivity contribution in [2.24, 2.45) is 0 Å². The molecule has 12 heteroatoms. The lowest BCUT2D eigenvalue weighted by Gasteiger charge is -2.37. The maximum atomic E-state index is 14.0. The summed E-state index contributed by atoms with van der Waals surface area (Å²) in [6.07, 6.45) is 1.77. The summed E-state index contributed by atoms with van der Waals surface area (Å²) in [5, 5.41) is 27.8. The smallest absolute Gasteiger partial charge is 0.238 e. The molecule has 0 aliphatic carbocycles. The molecule has 1 aliphatic rings. The predicted octanol–water partition coefficient (Wildman–Crippen LogP) is 4.39. The first kappa shape index (κ1) is 26.9. The number of halogens is 1. The fourth-order valence-corrected chi connectivity index (χ4v) is 4.87. The summed E-state index contributed by atoms with van der Waals surface area (Å²) in [7, 11) is 1.73. The maximum Gasteiger partial charge on any atom is 0.238 e. The van der Waals surface area contributed by atoms with Gasteiger partial charge in [0.1, 0.15) is 11.9 Å². The van der Waals surface area contributed by atoms with E-state index in [1.165, 1.54) is 6.92 Å². The number of alkyl halides is 1. The van der Waals surface area contributed by atoms with Crippen LogP contribution in [0.4, 0.5) is 4.39 Å². The highest BCUT2D eigenvalue weighted by molar-refractivity contribution is 5.78. The third-order valence-electron chi connectivity index (χ3n) is 7.20. The van der Waals surface area contributed by atoms with Gasteiger partial charge in [0.2, 0.25) is 5.88 Å². The first-order chi connectivity index (χ1) is 19.8. The molecule has 0 bridgehead atoms. The Balaban J connectivity index is 1.23. The van der Waals surface area contributed by atoms with Crippen LogP contribution in [0.3, 0.4) is 0 Å². The van der Waals surface area contributed by atoms with Crippen LogP contribution in [0.5, 0.6) is 11.6 Å². The fourth-order valence-electron chi connectivity index (χ4n) is 4.87. The minimum atomic E-state index is -1.22. The Morgan fingerprint density at radius 1 is 1.10 bits per heavy atom. The Bertz CT molecular complexity index is 1680. The van der Waals surface area contributed by atoms with Gasteiger partial charge in [0.05, 0.1) is 47.2 Å². The minimum absolute atomic E-state index is 0.296. The van der Waals surface area contributed by atoms with Crippen molar-refractivity contribution in [3.05, 3.63) is 77.5 Å². The molecule has 6 rings (SSSR count). The first-order valence-electron chi connectivity index (χ1n) is 13.4. The van der Waals surface area contributed by atoms with Gasteiger partial charge in [-0.05, 0) is 51.1 Å². The van der Waals surface area contributed by atoms with Crippen molar-refractivity contribution in [2.75, 3.05) is 20.2 Å². The van der Waals surface area contributed by atoms with Crippen molar-refractivity contribution in [2.45, 2.75) is 45.7 Å². The van der Waals surface area contributed by atoms with E-state index < -0.39 is 12.3 Å². The second kappa shape index (κ2) is 11.0. The fraction of sp³-hybridized carbons (Fsp3) is 0.345. The molecular weight excluding hydrogens is 527 g/mol. The van der Waals surface area contributed by atoms with Gasteiger partial charge < -0.3 is 14.6 Å². The van der Waals surface area contributed by atoms with Gasteiger partial charge in [-0.2, -0.15) is 15.3 Å². The van der Waals surface area contributed by atoms with Gasteiger partial charge in [0.15, 0.2) is 5.82 Å². The normalized spacial score (nSPS) is 15.7. The number of fused-ring (bicyclic) bond motifs is 1. The summed E-state index contributed by atoms with van der Waals surface area (Å²) in [5.74, 6) is 1.38. The molecule has 5 aromatic heterocycles. The van der Waals surface area contributed by atoms with Crippen LogP contribution in [0.2, 0.25) is 0 Å². The first-order valence-corrected chi connectivity index (χ1v) is 13.4. The van der Waals surface area contributed by atoms with Crippen molar-refractivity contribution in [3.8, 4) is 28.7 Å². The van der Waals surface area contributed by atoms with E-state index in [9.17, 15) is 9.50 Å². The van der Waals surface area contributed by atoms with Crippen LogP contribution in [0, 0.1) is 6.92 Å². The van der Waals surface area contributed by atoms with Gasteiger partial charge >= 0.3 is 0 Å². The molecule has 1 fully saturated rings. The second-order valence-electron chi connectivity index (χ2n) is 10.3. The number of likely N-dealkylation sites (tertiary alicyclic amines) is 1. The Morgan fingerprint density at radius 2 is 1.93 bits per heavy atom. The molecule has 212 valence electrons. The number of nitrogens with zero attached hydrogens (tertiary/aromatic N) is 8. The molecule has 5 aromatic rings. The average molecular weight is 559 g/mol. The molecule has 1 N–H and O–H groups in total. The lowest BCUT2D eigenvalue weighted by molar-refractivity contribution is -0.0340. The van der Waals surface area contributed by atoms with E-state index in [4.69, 9.17) is 14.5 Å². The Labute approximate surface area is 236 Å². The largest absolute Gasteiger partial charge is 0.436 e. The number of rotatable bonds is 9. The van der Waals surface area contributed by atoms with E-state index in [0.717, 1.165) is 36.4 Å². The number of aromatic nitrogens is 7. The number of ether oxygens (including phenoxy) is 2. The molecule has 1 aliphatic heterocycles. The van der Waals surface area contributed by atoms with Gasteiger partial charge in [-0.3, -0.25) is 4.90 Å². The molecule has 0 radical (unpaired) electrons. The topological polar surface area (TPSA) is 116 Å². The van der Waals surface area contributed by atoms with Gasteiger partial charge in [-0.15, -0.1) is 5.10 Å². The molecule has 2 atom stereocenters. The van der Waals surface area contributed by atoms with Gasteiger partial charge in [-0.25, -0.2) is 18.6 Å². The van der Waals surface area contributed by atoms with Crippen LogP contribution in [-0.4, -0.2) is 70.9 Å². The zero-order valence-electron chi connectivity index (χ0n) is 23.3. The summed E-state index contributed by atoms with van der Waals surface area (Å²) in [5.41, 5.74) is 4.71. The highest BCUT2D eigenvalue weighted by Gasteiger charge is 2.26. The molecular formula is C29H31FN8O3. The minimum Gasteiger partial charge on any atom is -0.436 e. The average Bonchev–Trinajstić information content (AvgIpc) is 3.54. The number of hydrogen-bond donors (Lipinski definition) is 1. The van der Waals surface area contributed by atoms with Gasteiger partial charge in [0.25, 0.3) is 0 Å². The third-order valence-corrected chi connectivity index (χ3v) is 7.20. The summed E-state index contributed by atoms with van der Waals surface area (Å²) >= 11 is 0. The monoisotopic (exact) mass is 558 g/mol. The van der Waals surface area contributed by atoms with Crippen LogP contribution < -0.4 is 4.74 Å². The molecule has 1 saturated heterocycles. The SMILES string of the molecule is COC1CN(Cc2ccc(Oc3ccc4c(-c5ccc(C(C)O)c(-n6nc(C(C)F)cc6C)n5)cnn4c3)nn2)C1. The maximum absolute atomic E-state index is 14.0. The second-order valence-corrected chi connectivity index (χ2v) is 10.3. The van der Waals surface area contributed by atoms with E-state index in [2.05, 4.69) is 25.3 Å². The molecule has 2 unspecified atom stereocenters. The van der Waals surface area contributed by atoms with Crippen LogP contribution >= 0.6 is 0 Å². The van der Waals surface area contributed by atoms with Crippen molar-refractivity contribution in [1.29, 1.82) is 0 Å². The lowest BCUT2D eigenvalue weighted by atomic mass is 10.1. The van der Waals surface area contributed by atoms with Crippen molar-refractivity contribution in [1.82, 2.24) is 39.5 Å². The van der Waals surface area contributed by atoms with Crippen LogP contribution in [0.25, 0.3) is 22.6 Å². The van der Waals surface area contributed by atoms with Crippen LogP contribution in [-0.2, 0) is 11.3 Å². The van der Waals surface area contributed by atoms with Crippen LogP contribution in [0.15, 0.2) is 54.9 Å². The molecule has 0 saturated carbocycles. The summed E-state index contributed by atoms with van der Waals surface area (Å²) in [4.78, 5) is 7.08. The molecule has 11 nitrogen and oxygen atoms in total. The Morgan fingerprint density at radius 3 is 2.61 bits per heavy atom. The molecule has 0 spiro atoms. The summed E-state index contributed by atoms with van der Waals surface area (Å²) in [6, 6.07) is 12.8. The number of aliphatic hydroxyl groups is 1. The van der Waals surface area contributed by atoms with Gasteiger partial charge in [-0.1, -0.05) is 6.07 Å². The highest BCUT2D eigenvalue weighted by atomic mass is 19.1. The van der Waals surface area contributed by atoms with Crippen molar-refractivity contribution >= 4 is 5.52 Å². The standard InChI is InChI=1S/C29H31FN8O3/c1-17-11-26(18(2)30)35-38(17)29-23(19(3)39)7-8-25(32-29)24-12-31-37-16-21(6-9-27(24)37)41-28-10-5-20(33-34-28)13-36-14-22(15-36)40-4/h5-12,16,18-19,22,39H,13-15H2,1-4H3. The van der Waals surface area contributed by atoms with Crippen LogP contribution in [0.1, 0.15) is 48.8 Å². The summed E-state index contributed by atoms with van der Waals surface area (Å²) in [6.45, 7) is 7.44. The van der Waals surface area contributed by atoms with E-state index in [-0.39, 0.29) is 0 Å². The quantitative estimate of drug-likeness (QED) is 0.281. The number of hydrogen-bond acceptors (Lipinski definition) is 9. The number of methoxy groups -OCH3 is 1. The molecule has 41 heavy (non-hydrogen) atoms. The molecule has 0 aromatic carbocycles. The number of aliphatic hydroxyl groups excluding tert-OH is 1. The van der Waals surface area contributed by atoms with E-state index in [1.54, 1.807) is 47.8 Å². The zero-order valence-corrected chi connectivity index (χ0v) is 23.3. The van der Waals surface area contributed by atoms with E-state index in [1.807, 2.05) is 37.3 Å². The lowest BCUT2D eigenvalue weighted by Crippen LogP contribution is -2.51. The summed E-state index contributed by atoms with van der Waals surface area (Å²) < 4.78 is 28.5. The Hall–Kier alpha value is -4.26. The molecule has 0 amide bonds. The predicted molar refractivity (Wildman–Crippen MR) is 149 cm³/mol. The van der Waals surface area contributed by atoms with Gasteiger partial charge in [0, 0.05) is 49.6 Å². The molecule has 6 heterocycles. The third kappa shape index (κ3) is 5.41. The highest BCUT2D eigenvalue weighted by Crippen LogP contribution is 2.30. The number of aryl methyl sites for hydroxylation is 1. The van der Waals surface area contributed by atoms with E-state index in [0.29, 0.717) is 46.2 Å². The van der Waals surface area contributed by atoms with E-state index >= 15 is 0 Å². The van der Waals surface area contributed by atoms with Crippen molar-refractivity contribution < 1.29 is 19.0 Å².